The zero-order valence-electron chi connectivity index (χ0n) is 11.1. The number of hydrogen-bond donors (Lipinski definition) is 1. The topological polar surface area (TPSA) is 21.3 Å². The predicted molar refractivity (Wildman–Crippen MR) is 68.8 cm³/mol. The zero-order valence-corrected chi connectivity index (χ0v) is 11.1. The van der Waals surface area contributed by atoms with E-state index >= 15 is 0 Å². The van der Waals surface area contributed by atoms with Crippen molar-refractivity contribution in [3.8, 4) is 5.75 Å². The van der Waals surface area contributed by atoms with Crippen LogP contribution in [0.1, 0.15) is 38.8 Å². The van der Waals surface area contributed by atoms with Gasteiger partial charge in [0, 0.05) is 6.04 Å². The molecule has 2 nitrogen and oxygen atoms in total. The van der Waals surface area contributed by atoms with Crippen LogP contribution in [0.25, 0.3) is 0 Å². The minimum absolute atomic E-state index is 0.146. The van der Waals surface area contributed by atoms with E-state index in [2.05, 4.69) is 19.2 Å². The summed E-state index contributed by atoms with van der Waals surface area (Å²) in [5.74, 6) is 0.510. The van der Waals surface area contributed by atoms with Crippen molar-refractivity contribution in [3.05, 3.63) is 29.6 Å². The lowest BCUT2D eigenvalue weighted by molar-refractivity contribution is 0.246. The third-order valence-corrected chi connectivity index (χ3v) is 3.11. The number of hydrogen-bond acceptors (Lipinski definition) is 2. The lowest BCUT2D eigenvalue weighted by Gasteiger charge is -2.14. The molecule has 17 heavy (non-hydrogen) atoms. The van der Waals surface area contributed by atoms with Crippen LogP contribution in [0.5, 0.6) is 5.75 Å². The van der Waals surface area contributed by atoms with Crippen molar-refractivity contribution in [3.63, 3.8) is 0 Å². The van der Waals surface area contributed by atoms with Gasteiger partial charge in [-0.2, -0.15) is 0 Å². The third kappa shape index (κ3) is 4.00. The van der Waals surface area contributed by atoms with Crippen LogP contribution in [0.15, 0.2) is 18.2 Å². The second-order valence-electron chi connectivity index (χ2n) is 4.52. The van der Waals surface area contributed by atoms with Gasteiger partial charge in [-0.25, -0.2) is 4.39 Å². The molecule has 1 aromatic rings. The van der Waals surface area contributed by atoms with Crippen molar-refractivity contribution < 1.29 is 9.13 Å². The highest BCUT2D eigenvalue weighted by Crippen LogP contribution is 2.22. The summed E-state index contributed by atoms with van der Waals surface area (Å²) in [5.41, 5.74) is 0.931. The Balaban J connectivity index is 2.69. The molecule has 2 unspecified atom stereocenters. The molecule has 0 spiro atoms. The highest BCUT2D eigenvalue weighted by molar-refractivity contribution is 5.30. The van der Waals surface area contributed by atoms with E-state index in [-0.39, 0.29) is 11.9 Å². The number of halogens is 1. The van der Waals surface area contributed by atoms with Gasteiger partial charge in [-0.1, -0.05) is 26.3 Å². The average molecular weight is 239 g/mol. The van der Waals surface area contributed by atoms with Gasteiger partial charge in [0.25, 0.3) is 0 Å². The van der Waals surface area contributed by atoms with Gasteiger partial charge in [0.15, 0.2) is 11.6 Å². The molecule has 0 aliphatic carbocycles. The fourth-order valence-electron chi connectivity index (χ4n) is 1.42. The van der Waals surface area contributed by atoms with Crippen LogP contribution in [0.3, 0.4) is 0 Å². The van der Waals surface area contributed by atoms with Gasteiger partial charge in [0.2, 0.25) is 0 Å². The summed E-state index contributed by atoms with van der Waals surface area (Å²) < 4.78 is 19.2. The van der Waals surface area contributed by atoms with E-state index in [1.165, 1.54) is 6.07 Å². The molecule has 1 rings (SSSR count). The Bertz CT molecular complexity index is 354. The van der Waals surface area contributed by atoms with E-state index < -0.39 is 0 Å². The van der Waals surface area contributed by atoms with Gasteiger partial charge in [0.1, 0.15) is 0 Å². The first-order chi connectivity index (χ1) is 8.08. The molecule has 0 aromatic heterocycles. The first-order valence-corrected chi connectivity index (χ1v) is 6.18. The van der Waals surface area contributed by atoms with E-state index in [0.29, 0.717) is 18.3 Å². The molecular weight excluding hydrogens is 217 g/mol. The summed E-state index contributed by atoms with van der Waals surface area (Å²) in [6.45, 7) is 6.75. The molecule has 0 bridgehead atoms. The highest BCUT2D eigenvalue weighted by atomic mass is 19.1. The van der Waals surface area contributed by atoms with Crippen molar-refractivity contribution in [1.29, 1.82) is 0 Å². The number of benzene rings is 1. The van der Waals surface area contributed by atoms with Crippen molar-refractivity contribution in [2.75, 3.05) is 13.7 Å². The molecule has 0 saturated heterocycles. The molecule has 0 heterocycles. The normalized spacial score (nSPS) is 14.4. The number of nitrogens with one attached hydrogen (secondary N) is 1. The van der Waals surface area contributed by atoms with Crippen LogP contribution >= 0.6 is 0 Å². The standard InChI is InChI=1S/C14H22FNO/c1-5-10(2)9-17-14-7-6-12(8-13(14)15)11(3)16-4/h6-8,10-11,16H,5,9H2,1-4H3. The SMILES string of the molecule is CCC(C)COc1ccc(C(C)NC)cc1F. The lowest BCUT2D eigenvalue weighted by Crippen LogP contribution is -2.13. The minimum Gasteiger partial charge on any atom is -0.490 e. The summed E-state index contributed by atoms with van der Waals surface area (Å²) in [6, 6.07) is 5.29. The molecule has 1 aromatic carbocycles. The summed E-state index contributed by atoms with van der Waals surface area (Å²) in [4.78, 5) is 0. The molecule has 0 saturated carbocycles. The van der Waals surface area contributed by atoms with Gasteiger partial charge in [-0.05, 0) is 37.6 Å². The minimum atomic E-state index is -0.284. The fourth-order valence-corrected chi connectivity index (χ4v) is 1.42. The molecule has 0 aliphatic heterocycles. The molecule has 0 amide bonds. The Labute approximate surface area is 103 Å². The molecular formula is C14H22FNO. The summed E-state index contributed by atoms with van der Waals surface area (Å²) in [7, 11) is 1.86. The summed E-state index contributed by atoms with van der Waals surface area (Å²) >= 11 is 0. The van der Waals surface area contributed by atoms with Gasteiger partial charge >= 0.3 is 0 Å². The van der Waals surface area contributed by atoms with Gasteiger partial charge < -0.3 is 10.1 Å². The maximum Gasteiger partial charge on any atom is 0.165 e. The van der Waals surface area contributed by atoms with E-state index in [0.717, 1.165) is 12.0 Å². The van der Waals surface area contributed by atoms with Crippen LogP contribution < -0.4 is 10.1 Å². The zero-order chi connectivity index (χ0) is 12.8. The van der Waals surface area contributed by atoms with Gasteiger partial charge in [0.05, 0.1) is 6.61 Å². The second-order valence-corrected chi connectivity index (χ2v) is 4.52. The number of rotatable bonds is 6. The summed E-state index contributed by atoms with van der Waals surface area (Å²) in [6.07, 6.45) is 1.04. The maximum absolute atomic E-state index is 13.7. The third-order valence-electron chi connectivity index (χ3n) is 3.11. The highest BCUT2D eigenvalue weighted by Gasteiger charge is 2.09. The average Bonchev–Trinajstić information content (AvgIpc) is 2.35. The van der Waals surface area contributed by atoms with E-state index in [4.69, 9.17) is 4.74 Å². The first-order valence-electron chi connectivity index (χ1n) is 6.18. The molecule has 1 N–H and O–H groups in total. The molecule has 0 radical (unpaired) electrons. The quantitative estimate of drug-likeness (QED) is 0.820. The Morgan fingerprint density at radius 3 is 2.59 bits per heavy atom. The molecule has 0 fully saturated rings. The van der Waals surface area contributed by atoms with Crippen molar-refractivity contribution >= 4 is 0 Å². The van der Waals surface area contributed by atoms with Gasteiger partial charge in [-0.15, -0.1) is 0 Å². The predicted octanol–water partition coefficient (Wildman–Crippen LogP) is 3.53. The lowest BCUT2D eigenvalue weighted by atomic mass is 10.1. The fraction of sp³-hybridized carbons (Fsp3) is 0.571. The Hall–Kier alpha value is -1.09. The maximum atomic E-state index is 13.7. The van der Waals surface area contributed by atoms with Crippen molar-refractivity contribution in [2.45, 2.75) is 33.2 Å². The van der Waals surface area contributed by atoms with Crippen LogP contribution in [0.4, 0.5) is 4.39 Å². The summed E-state index contributed by atoms with van der Waals surface area (Å²) in [5, 5.41) is 3.08. The molecule has 0 aliphatic rings. The van der Waals surface area contributed by atoms with Crippen LogP contribution in [-0.2, 0) is 0 Å². The monoisotopic (exact) mass is 239 g/mol. The Morgan fingerprint density at radius 1 is 1.35 bits per heavy atom. The van der Waals surface area contributed by atoms with E-state index in [1.54, 1.807) is 6.07 Å². The van der Waals surface area contributed by atoms with Crippen LogP contribution in [0, 0.1) is 11.7 Å². The van der Waals surface area contributed by atoms with Crippen molar-refractivity contribution in [2.24, 2.45) is 5.92 Å². The van der Waals surface area contributed by atoms with Crippen LogP contribution in [-0.4, -0.2) is 13.7 Å². The van der Waals surface area contributed by atoms with Gasteiger partial charge in [-0.3, -0.25) is 0 Å². The molecule has 2 atom stereocenters. The largest absolute Gasteiger partial charge is 0.490 e. The van der Waals surface area contributed by atoms with E-state index in [9.17, 15) is 4.39 Å². The number of ether oxygens (including phenoxy) is 1. The second kappa shape index (κ2) is 6.60. The molecule has 96 valence electrons. The first kappa shape index (κ1) is 14.0. The van der Waals surface area contributed by atoms with Crippen molar-refractivity contribution in [1.82, 2.24) is 5.32 Å². The Kier molecular flexibility index (Phi) is 5.42. The Morgan fingerprint density at radius 2 is 2.06 bits per heavy atom. The molecule has 3 heteroatoms. The van der Waals surface area contributed by atoms with E-state index in [1.807, 2.05) is 20.0 Å². The smallest absolute Gasteiger partial charge is 0.165 e. The van der Waals surface area contributed by atoms with Crippen LogP contribution in [0.2, 0.25) is 0 Å².